The Kier molecular flexibility index (Phi) is 5.83. The number of thioether (sulfide) groups is 1. The van der Waals surface area contributed by atoms with Gasteiger partial charge in [0, 0.05) is 5.56 Å². The zero-order chi connectivity index (χ0) is 17.6. The second-order valence-corrected chi connectivity index (χ2v) is 6.96. The molecule has 0 unspecified atom stereocenters. The molecule has 0 spiro atoms. The van der Waals surface area contributed by atoms with Crippen molar-refractivity contribution in [2.45, 2.75) is 11.7 Å². The largest absolute Gasteiger partial charge is 0.496 e. The molecule has 2 aromatic carbocycles. The summed E-state index contributed by atoms with van der Waals surface area (Å²) in [7, 11) is 1.59. The van der Waals surface area contributed by atoms with Crippen molar-refractivity contribution in [1.82, 2.24) is 20.2 Å². The quantitative estimate of drug-likeness (QED) is 0.432. The Morgan fingerprint density at radius 3 is 2.76 bits per heavy atom. The third-order valence-corrected chi connectivity index (χ3v) is 5.06. The van der Waals surface area contributed by atoms with Gasteiger partial charge in [-0.2, -0.15) is 0 Å². The summed E-state index contributed by atoms with van der Waals surface area (Å²) in [5, 5.41) is 12.3. The van der Waals surface area contributed by atoms with Crippen LogP contribution in [-0.2, 0) is 6.54 Å². The number of rotatable bonds is 7. The van der Waals surface area contributed by atoms with Gasteiger partial charge in [-0.3, -0.25) is 4.79 Å². The van der Waals surface area contributed by atoms with Crippen LogP contribution in [0.25, 0.3) is 0 Å². The molecular weight excluding hydrogens is 404 g/mol. The molecule has 0 bridgehead atoms. The minimum absolute atomic E-state index is 0.00242. The van der Waals surface area contributed by atoms with Crippen molar-refractivity contribution in [3.63, 3.8) is 0 Å². The van der Waals surface area contributed by atoms with E-state index in [-0.39, 0.29) is 11.5 Å². The second-order valence-electron chi connectivity index (χ2n) is 5.17. The fraction of sp³-hybridized carbons (Fsp3) is 0.176. The molecule has 0 N–H and O–H groups in total. The number of Topliss-reactive ketones (excluding diaryl/α,β-unsaturated/α-hetero) is 1. The number of carbonyl (C=O) groups excluding carboxylic acids is 1. The minimum Gasteiger partial charge on any atom is -0.496 e. The summed E-state index contributed by atoms with van der Waals surface area (Å²) >= 11 is 4.72. The standard InChI is InChI=1S/C17H15BrN4O2S/c1-24-16-8-7-13(9-14(16)18)15(23)11-25-17-19-20-21-22(17)10-12-5-3-2-4-6-12/h2-9H,10-11H2,1H3. The van der Waals surface area contributed by atoms with Gasteiger partial charge in [-0.05, 0) is 50.1 Å². The summed E-state index contributed by atoms with van der Waals surface area (Å²) in [6, 6.07) is 15.2. The molecule has 25 heavy (non-hydrogen) atoms. The van der Waals surface area contributed by atoms with Gasteiger partial charge in [-0.1, -0.05) is 42.1 Å². The van der Waals surface area contributed by atoms with Crippen molar-refractivity contribution in [3.8, 4) is 5.75 Å². The van der Waals surface area contributed by atoms with Crippen LogP contribution in [0, 0.1) is 0 Å². The fourth-order valence-electron chi connectivity index (χ4n) is 2.21. The van der Waals surface area contributed by atoms with Gasteiger partial charge in [0.1, 0.15) is 5.75 Å². The highest BCUT2D eigenvalue weighted by Crippen LogP contribution is 2.26. The van der Waals surface area contributed by atoms with Crippen LogP contribution in [0.1, 0.15) is 15.9 Å². The highest BCUT2D eigenvalue weighted by Gasteiger charge is 2.13. The number of halogens is 1. The SMILES string of the molecule is COc1ccc(C(=O)CSc2nnnn2Cc2ccccc2)cc1Br. The van der Waals surface area contributed by atoms with Gasteiger partial charge in [0.05, 0.1) is 23.9 Å². The van der Waals surface area contributed by atoms with Crippen molar-refractivity contribution in [1.29, 1.82) is 0 Å². The van der Waals surface area contributed by atoms with Crippen LogP contribution in [0.15, 0.2) is 58.2 Å². The summed E-state index contributed by atoms with van der Waals surface area (Å²) in [6.45, 7) is 0.568. The smallest absolute Gasteiger partial charge is 0.210 e. The summed E-state index contributed by atoms with van der Waals surface area (Å²) < 4.78 is 7.62. The molecule has 1 heterocycles. The maximum Gasteiger partial charge on any atom is 0.210 e. The lowest BCUT2D eigenvalue weighted by Gasteiger charge is -2.06. The van der Waals surface area contributed by atoms with Gasteiger partial charge in [0.2, 0.25) is 5.16 Å². The zero-order valence-electron chi connectivity index (χ0n) is 13.4. The van der Waals surface area contributed by atoms with Crippen molar-refractivity contribution < 1.29 is 9.53 Å². The number of ether oxygens (including phenoxy) is 1. The van der Waals surface area contributed by atoms with Crippen LogP contribution in [0.5, 0.6) is 5.75 Å². The molecule has 0 fully saturated rings. The van der Waals surface area contributed by atoms with E-state index in [1.54, 1.807) is 30.0 Å². The summed E-state index contributed by atoms with van der Waals surface area (Å²) in [5.74, 6) is 0.951. The molecule has 128 valence electrons. The second kappa shape index (κ2) is 8.26. The molecule has 0 aliphatic carbocycles. The first-order valence-corrected chi connectivity index (χ1v) is 9.25. The van der Waals surface area contributed by atoms with E-state index >= 15 is 0 Å². The maximum atomic E-state index is 12.4. The molecule has 0 amide bonds. The Hall–Kier alpha value is -2.19. The van der Waals surface area contributed by atoms with Gasteiger partial charge >= 0.3 is 0 Å². The summed E-state index contributed by atoms with van der Waals surface area (Å²) in [5.41, 5.74) is 1.71. The van der Waals surface area contributed by atoms with E-state index < -0.39 is 0 Å². The minimum atomic E-state index is 0.00242. The first-order valence-electron chi connectivity index (χ1n) is 7.47. The highest BCUT2D eigenvalue weighted by molar-refractivity contribution is 9.10. The Morgan fingerprint density at radius 1 is 1.24 bits per heavy atom. The molecule has 0 radical (unpaired) electrons. The highest BCUT2D eigenvalue weighted by atomic mass is 79.9. The van der Waals surface area contributed by atoms with Crippen LogP contribution < -0.4 is 4.74 Å². The van der Waals surface area contributed by atoms with E-state index in [1.165, 1.54) is 11.8 Å². The molecule has 3 rings (SSSR count). The predicted octanol–water partition coefficient (Wildman–Crippen LogP) is 3.47. The number of ketones is 1. The molecule has 1 aromatic heterocycles. The fourth-order valence-corrected chi connectivity index (χ4v) is 3.52. The lowest BCUT2D eigenvalue weighted by Crippen LogP contribution is -2.07. The number of hydrogen-bond donors (Lipinski definition) is 0. The Morgan fingerprint density at radius 2 is 2.04 bits per heavy atom. The van der Waals surface area contributed by atoms with E-state index in [4.69, 9.17) is 4.74 Å². The van der Waals surface area contributed by atoms with Crippen molar-refractivity contribution >= 4 is 33.5 Å². The van der Waals surface area contributed by atoms with Crippen molar-refractivity contribution in [2.24, 2.45) is 0 Å². The number of nitrogens with zero attached hydrogens (tertiary/aromatic N) is 4. The van der Waals surface area contributed by atoms with E-state index in [0.717, 1.165) is 10.0 Å². The number of aromatic nitrogens is 4. The Bertz CT molecular complexity index is 870. The number of tetrazole rings is 1. The van der Waals surface area contributed by atoms with Gasteiger partial charge in [0.15, 0.2) is 5.78 Å². The lowest BCUT2D eigenvalue weighted by atomic mass is 10.1. The van der Waals surface area contributed by atoms with Crippen LogP contribution in [-0.4, -0.2) is 38.9 Å². The van der Waals surface area contributed by atoms with E-state index in [1.807, 2.05) is 30.3 Å². The summed E-state index contributed by atoms with van der Waals surface area (Å²) in [6.07, 6.45) is 0. The van der Waals surface area contributed by atoms with E-state index in [0.29, 0.717) is 23.0 Å². The van der Waals surface area contributed by atoms with E-state index in [2.05, 4.69) is 31.5 Å². The molecule has 0 saturated carbocycles. The topological polar surface area (TPSA) is 69.9 Å². The van der Waals surface area contributed by atoms with Gasteiger partial charge in [-0.25, -0.2) is 4.68 Å². The molecule has 0 aliphatic heterocycles. The number of benzene rings is 2. The van der Waals surface area contributed by atoms with Crippen molar-refractivity contribution in [3.05, 3.63) is 64.1 Å². The van der Waals surface area contributed by atoms with Gasteiger partial charge in [-0.15, -0.1) is 5.10 Å². The average Bonchev–Trinajstić information content (AvgIpc) is 3.07. The Labute approximate surface area is 157 Å². The first-order chi connectivity index (χ1) is 12.2. The normalized spacial score (nSPS) is 10.6. The van der Waals surface area contributed by atoms with E-state index in [9.17, 15) is 4.79 Å². The molecule has 0 atom stereocenters. The van der Waals surface area contributed by atoms with Gasteiger partial charge in [0.25, 0.3) is 0 Å². The number of hydrogen-bond acceptors (Lipinski definition) is 6. The maximum absolute atomic E-state index is 12.4. The molecule has 0 aliphatic rings. The number of methoxy groups -OCH3 is 1. The molecular formula is C17H15BrN4O2S. The Balaban J connectivity index is 1.65. The number of carbonyl (C=O) groups is 1. The van der Waals surface area contributed by atoms with Crippen LogP contribution in [0.2, 0.25) is 0 Å². The van der Waals surface area contributed by atoms with Crippen LogP contribution in [0.3, 0.4) is 0 Å². The monoisotopic (exact) mass is 418 g/mol. The third kappa shape index (κ3) is 4.46. The molecule has 6 nitrogen and oxygen atoms in total. The molecule has 0 saturated heterocycles. The molecule has 8 heteroatoms. The predicted molar refractivity (Wildman–Crippen MR) is 99.1 cm³/mol. The zero-order valence-corrected chi connectivity index (χ0v) is 15.8. The first kappa shape index (κ1) is 17.6. The third-order valence-electron chi connectivity index (χ3n) is 3.48. The summed E-state index contributed by atoms with van der Waals surface area (Å²) in [4.78, 5) is 12.4. The van der Waals surface area contributed by atoms with Gasteiger partial charge < -0.3 is 4.74 Å². The molecule has 3 aromatic rings. The van der Waals surface area contributed by atoms with Crippen molar-refractivity contribution in [2.75, 3.05) is 12.9 Å². The van der Waals surface area contributed by atoms with Crippen LogP contribution >= 0.6 is 27.7 Å². The van der Waals surface area contributed by atoms with Crippen LogP contribution in [0.4, 0.5) is 0 Å². The lowest BCUT2D eigenvalue weighted by molar-refractivity contribution is 0.102. The average molecular weight is 419 g/mol.